The standard InChI is InChI=1S/C20H40O5Si2/c1-14(21)23-18-16(24-26(8,9)19(2,3)4)12-15(22)13-17(18)25-27(10,11)20(5,6)7/h16-18H,12-13H2,1-11H3/t16-,17-/m1/s1. The molecule has 1 fully saturated rings. The van der Waals surface area contributed by atoms with Gasteiger partial charge in [-0.3, -0.25) is 9.59 Å². The van der Waals surface area contributed by atoms with Gasteiger partial charge in [0, 0.05) is 19.8 Å². The molecule has 0 heterocycles. The molecule has 0 amide bonds. The Kier molecular flexibility index (Phi) is 7.35. The summed E-state index contributed by atoms with van der Waals surface area (Å²) in [5.41, 5.74) is 0. The summed E-state index contributed by atoms with van der Waals surface area (Å²) in [6, 6.07) is 0. The molecule has 0 saturated heterocycles. The zero-order valence-corrected chi connectivity index (χ0v) is 21.2. The molecule has 158 valence electrons. The highest BCUT2D eigenvalue weighted by atomic mass is 28.4. The molecule has 0 bridgehead atoms. The predicted molar refractivity (Wildman–Crippen MR) is 114 cm³/mol. The van der Waals surface area contributed by atoms with E-state index in [0.29, 0.717) is 0 Å². The predicted octanol–water partition coefficient (Wildman–Crippen LogP) is 5.06. The number of carbonyl (C=O) groups excluding carboxylic acids is 2. The molecule has 0 aliphatic heterocycles. The van der Waals surface area contributed by atoms with Crippen LogP contribution < -0.4 is 0 Å². The van der Waals surface area contributed by atoms with Gasteiger partial charge in [-0.2, -0.15) is 0 Å². The molecule has 0 aromatic carbocycles. The number of hydrogen-bond donors (Lipinski definition) is 0. The molecule has 1 aliphatic rings. The van der Waals surface area contributed by atoms with Gasteiger partial charge in [-0.15, -0.1) is 0 Å². The average molecular weight is 417 g/mol. The third-order valence-electron chi connectivity index (χ3n) is 6.40. The summed E-state index contributed by atoms with van der Waals surface area (Å²) in [6.07, 6.45) is -0.857. The lowest BCUT2D eigenvalue weighted by atomic mass is 9.91. The highest BCUT2D eigenvalue weighted by Crippen LogP contribution is 2.42. The normalized spacial score (nSPS) is 23.4. The number of ether oxygens (including phenoxy) is 1. The monoisotopic (exact) mass is 416 g/mol. The van der Waals surface area contributed by atoms with Crippen molar-refractivity contribution in [2.75, 3.05) is 0 Å². The fourth-order valence-corrected chi connectivity index (χ4v) is 5.33. The van der Waals surface area contributed by atoms with Gasteiger partial charge in [0.05, 0.1) is 12.2 Å². The quantitative estimate of drug-likeness (QED) is 0.463. The largest absolute Gasteiger partial charge is 0.457 e. The maximum atomic E-state index is 12.5. The second-order valence-electron chi connectivity index (χ2n) is 10.9. The van der Waals surface area contributed by atoms with Crippen LogP contribution in [-0.2, 0) is 23.2 Å². The van der Waals surface area contributed by atoms with Crippen LogP contribution in [0.3, 0.4) is 0 Å². The van der Waals surface area contributed by atoms with Crippen molar-refractivity contribution in [3.05, 3.63) is 0 Å². The van der Waals surface area contributed by atoms with Gasteiger partial charge in [-0.1, -0.05) is 41.5 Å². The Bertz CT molecular complexity index is 518. The van der Waals surface area contributed by atoms with Gasteiger partial charge < -0.3 is 13.6 Å². The van der Waals surface area contributed by atoms with Crippen LogP contribution in [0.15, 0.2) is 0 Å². The molecule has 2 atom stereocenters. The third kappa shape index (κ3) is 6.24. The first-order valence-corrected chi connectivity index (χ1v) is 15.7. The van der Waals surface area contributed by atoms with Crippen LogP contribution in [-0.4, -0.2) is 46.7 Å². The first-order chi connectivity index (χ1) is 11.9. The first-order valence-electron chi connectivity index (χ1n) is 9.92. The number of esters is 1. The van der Waals surface area contributed by atoms with Crippen molar-refractivity contribution >= 4 is 28.4 Å². The molecular formula is C20H40O5Si2. The number of ketones is 1. The Labute approximate surface area is 167 Å². The van der Waals surface area contributed by atoms with E-state index >= 15 is 0 Å². The summed E-state index contributed by atoms with van der Waals surface area (Å²) in [5, 5.41) is 0.00804. The fraction of sp³-hybridized carbons (Fsp3) is 0.900. The fourth-order valence-electron chi connectivity index (χ4n) is 2.68. The molecule has 1 saturated carbocycles. The number of hydrogen-bond acceptors (Lipinski definition) is 5. The van der Waals surface area contributed by atoms with Crippen LogP contribution in [0, 0.1) is 0 Å². The van der Waals surface area contributed by atoms with Crippen molar-refractivity contribution in [2.45, 2.75) is 116 Å². The van der Waals surface area contributed by atoms with Crippen LogP contribution in [0.2, 0.25) is 36.3 Å². The van der Waals surface area contributed by atoms with E-state index in [1.807, 2.05) is 0 Å². The van der Waals surface area contributed by atoms with Gasteiger partial charge in [-0.25, -0.2) is 0 Å². The van der Waals surface area contributed by atoms with Crippen LogP contribution in [0.25, 0.3) is 0 Å². The number of rotatable bonds is 5. The van der Waals surface area contributed by atoms with Crippen LogP contribution in [0.4, 0.5) is 0 Å². The van der Waals surface area contributed by atoms with Crippen molar-refractivity contribution in [3.8, 4) is 0 Å². The molecule has 5 nitrogen and oxygen atoms in total. The molecule has 0 unspecified atom stereocenters. The Hall–Kier alpha value is -0.506. The molecule has 27 heavy (non-hydrogen) atoms. The van der Waals surface area contributed by atoms with Gasteiger partial charge in [0.25, 0.3) is 0 Å². The van der Waals surface area contributed by atoms with E-state index in [1.165, 1.54) is 6.92 Å². The molecule has 0 spiro atoms. The van der Waals surface area contributed by atoms with E-state index in [0.717, 1.165) is 0 Å². The van der Waals surface area contributed by atoms with E-state index in [2.05, 4.69) is 67.7 Å². The average Bonchev–Trinajstić information content (AvgIpc) is 2.38. The minimum atomic E-state index is -2.13. The highest BCUT2D eigenvalue weighted by molar-refractivity contribution is 6.74. The highest BCUT2D eigenvalue weighted by Gasteiger charge is 2.49. The topological polar surface area (TPSA) is 61.8 Å². The Balaban J connectivity index is 3.19. The first kappa shape index (κ1) is 24.5. The van der Waals surface area contributed by atoms with Crippen molar-refractivity contribution in [2.24, 2.45) is 0 Å². The van der Waals surface area contributed by atoms with Crippen molar-refractivity contribution in [3.63, 3.8) is 0 Å². The van der Waals surface area contributed by atoms with Gasteiger partial charge in [0.2, 0.25) is 0 Å². The van der Waals surface area contributed by atoms with Crippen LogP contribution >= 0.6 is 0 Å². The minimum absolute atomic E-state index is 0.00402. The molecule has 0 radical (unpaired) electrons. The molecular weight excluding hydrogens is 376 g/mol. The van der Waals surface area contributed by atoms with Crippen LogP contribution in [0.5, 0.6) is 0 Å². The summed E-state index contributed by atoms with van der Waals surface area (Å²) >= 11 is 0. The van der Waals surface area contributed by atoms with Crippen molar-refractivity contribution < 1.29 is 23.2 Å². The van der Waals surface area contributed by atoms with E-state index in [9.17, 15) is 9.59 Å². The summed E-state index contributed by atoms with van der Waals surface area (Å²) in [4.78, 5) is 24.3. The molecule has 0 aromatic rings. The lowest BCUT2D eigenvalue weighted by molar-refractivity contribution is -0.167. The minimum Gasteiger partial charge on any atom is -0.457 e. The van der Waals surface area contributed by atoms with E-state index in [4.69, 9.17) is 13.6 Å². The molecule has 0 aromatic heterocycles. The van der Waals surface area contributed by atoms with Gasteiger partial charge in [0.15, 0.2) is 22.7 Å². The summed E-state index contributed by atoms with van der Waals surface area (Å²) in [5.74, 6) is -0.243. The van der Waals surface area contributed by atoms with Gasteiger partial charge >= 0.3 is 5.97 Å². The lowest BCUT2D eigenvalue weighted by Crippen LogP contribution is -2.57. The Morgan fingerprint density at radius 3 is 1.44 bits per heavy atom. The number of Topliss-reactive ketones (excluding diaryl/α,β-unsaturated/α-hetero) is 1. The summed E-state index contributed by atoms with van der Waals surface area (Å²) in [7, 11) is -4.25. The second-order valence-corrected chi connectivity index (χ2v) is 20.4. The maximum absolute atomic E-state index is 12.5. The van der Waals surface area contributed by atoms with Gasteiger partial charge in [0.1, 0.15) is 5.78 Å². The SMILES string of the molecule is CC(=O)OC1[C@H](O[Si](C)(C)C(C)(C)C)CC(=O)C[C@H]1O[Si](C)(C)C(C)(C)C. The zero-order valence-electron chi connectivity index (χ0n) is 19.2. The maximum Gasteiger partial charge on any atom is 0.303 e. The Morgan fingerprint density at radius 2 is 1.19 bits per heavy atom. The number of carbonyl (C=O) groups is 2. The van der Waals surface area contributed by atoms with E-state index in [-0.39, 0.29) is 34.7 Å². The molecule has 1 aliphatic carbocycles. The summed E-state index contributed by atoms with van der Waals surface area (Å²) in [6.45, 7) is 23.0. The lowest BCUT2D eigenvalue weighted by Gasteiger charge is -2.47. The summed E-state index contributed by atoms with van der Waals surface area (Å²) < 4.78 is 18.8. The Morgan fingerprint density at radius 1 is 0.852 bits per heavy atom. The zero-order chi connectivity index (χ0) is 21.4. The van der Waals surface area contributed by atoms with Crippen molar-refractivity contribution in [1.29, 1.82) is 0 Å². The second kappa shape index (κ2) is 8.09. The van der Waals surface area contributed by atoms with E-state index < -0.39 is 34.9 Å². The smallest absolute Gasteiger partial charge is 0.303 e. The molecule has 7 heteroatoms. The van der Waals surface area contributed by atoms with Crippen molar-refractivity contribution in [1.82, 2.24) is 0 Å². The third-order valence-corrected chi connectivity index (χ3v) is 15.4. The van der Waals surface area contributed by atoms with E-state index in [1.54, 1.807) is 0 Å². The van der Waals surface area contributed by atoms with Crippen LogP contribution in [0.1, 0.15) is 61.3 Å². The van der Waals surface area contributed by atoms with Gasteiger partial charge in [-0.05, 0) is 36.3 Å². The molecule has 0 N–H and O–H groups in total. The molecule has 1 rings (SSSR count).